The third-order valence-corrected chi connectivity index (χ3v) is 5.77. The Labute approximate surface area is 196 Å². The van der Waals surface area contributed by atoms with Gasteiger partial charge in [-0.25, -0.2) is 0 Å². The van der Waals surface area contributed by atoms with Gasteiger partial charge in [-0.05, 0) is 56.7 Å². The second kappa shape index (κ2) is 12.2. The first-order valence-electron chi connectivity index (χ1n) is 11.6. The highest BCUT2D eigenvalue weighted by molar-refractivity contribution is 5.95. The summed E-state index contributed by atoms with van der Waals surface area (Å²) in [6, 6.07) is 9.12. The van der Waals surface area contributed by atoms with Gasteiger partial charge in [0, 0.05) is 57.2 Å². The summed E-state index contributed by atoms with van der Waals surface area (Å²) in [6.07, 6.45) is 3.45. The molecule has 0 N–H and O–H groups in total. The summed E-state index contributed by atoms with van der Waals surface area (Å²) in [5.74, 6) is 1.26. The van der Waals surface area contributed by atoms with Gasteiger partial charge in [0.15, 0.2) is 11.5 Å². The average molecular weight is 455 g/mol. The van der Waals surface area contributed by atoms with Crippen molar-refractivity contribution >= 4 is 11.8 Å². The van der Waals surface area contributed by atoms with Crippen LogP contribution in [0.2, 0.25) is 0 Å². The van der Waals surface area contributed by atoms with Crippen molar-refractivity contribution in [3.8, 4) is 11.5 Å². The Hall–Kier alpha value is -3.13. The summed E-state index contributed by atoms with van der Waals surface area (Å²) >= 11 is 0. The molecule has 0 saturated carbocycles. The van der Waals surface area contributed by atoms with Crippen LogP contribution in [-0.4, -0.2) is 83.9 Å². The Kier molecular flexibility index (Phi) is 9.06. The molecular weight excluding hydrogens is 420 g/mol. The highest BCUT2D eigenvalue weighted by Crippen LogP contribution is 2.30. The largest absolute Gasteiger partial charge is 0.490 e. The number of aromatic nitrogens is 1. The molecule has 0 spiro atoms. The SMILES string of the molecule is CCOc1cc(C(=O)N2CCN(CC(=O)N(CC)CC)CC2)ccc1OCc1ccncc1. The molecule has 33 heavy (non-hydrogen) atoms. The van der Waals surface area contributed by atoms with Gasteiger partial charge in [0.1, 0.15) is 6.61 Å². The quantitative estimate of drug-likeness (QED) is 0.550. The molecule has 3 rings (SSSR count). The van der Waals surface area contributed by atoms with Crippen molar-refractivity contribution in [3.05, 3.63) is 53.9 Å². The molecule has 1 saturated heterocycles. The number of benzene rings is 1. The Morgan fingerprint density at radius 3 is 2.27 bits per heavy atom. The third-order valence-electron chi connectivity index (χ3n) is 5.77. The molecule has 0 bridgehead atoms. The molecule has 2 heterocycles. The van der Waals surface area contributed by atoms with Crippen molar-refractivity contribution < 1.29 is 19.1 Å². The summed E-state index contributed by atoms with van der Waals surface area (Å²) in [7, 11) is 0. The van der Waals surface area contributed by atoms with Gasteiger partial charge in [-0.2, -0.15) is 0 Å². The molecule has 1 fully saturated rings. The van der Waals surface area contributed by atoms with Gasteiger partial charge >= 0.3 is 0 Å². The van der Waals surface area contributed by atoms with Crippen molar-refractivity contribution in [3.63, 3.8) is 0 Å². The fourth-order valence-corrected chi connectivity index (χ4v) is 3.83. The molecule has 1 aliphatic heterocycles. The van der Waals surface area contributed by atoms with E-state index in [1.807, 2.05) is 42.7 Å². The average Bonchev–Trinajstić information content (AvgIpc) is 2.85. The van der Waals surface area contributed by atoms with Crippen LogP contribution in [0.4, 0.5) is 0 Å². The Balaban J connectivity index is 1.59. The molecule has 0 aliphatic carbocycles. The molecule has 0 radical (unpaired) electrons. The van der Waals surface area contributed by atoms with Crippen LogP contribution in [-0.2, 0) is 11.4 Å². The topological polar surface area (TPSA) is 75.2 Å². The number of ether oxygens (including phenoxy) is 2. The zero-order valence-electron chi connectivity index (χ0n) is 19.8. The Morgan fingerprint density at radius 1 is 0.939 bits per heavy atom. The number of rotatable bonds is 10. The lowest BCUT2D eigenvalue weighted by Crippen LogP contribution is -2.51. The smallest absolute Gasteiger partial charge is 0.254 e. The number of likely N-dealkylation sites (N-methyl/N-ethyl adjacent to an activating group) is 1. The Bertz CT molecular complexity index is 910. The van der Waals surface area contributed by atoms with Crippen LogP contribution >= 0.6 is 0 Å². The number of carbonyl (C=O) groups excluding carboxylic acids is 2. The van der Waals surface area contributed by atoms with Crippen LogP contribution in [0.15, 0.2) is 42.7 Å². The maximum atomic E-state index is 13.1. The second-order valence-electron chi connectivity index (χ2n) is 7.87. The van der Waals surface area contributed by atoms with E-state index in [0.717, 1.165) is 18.7 Å². The van der Waals surface area contributed by atoms with Gasteiger partial charge in [0.2, 0.25) is 5.91 Å². The van der Waals surface area contributed by atoms with E-state index in [1.54, 1.807) is 30.6 Å². The summed E-state index contributed by atoms with van der Waals surface area (Å²) in [6.45, 7) is 11.1. The predicted molar refractivity (Wildman–Crippen MR) is 126 cm³/mol. The molecular formula is C25H34N4O4. The minimum Gasteiger partial charge on any atom is -0.490 e. The lowest BCUT2D eigenvalue weighted by molar-refractivity contribution is -0.132. The zero-order valence-corrected chi connectivity index (χ0v) is 19.8. The first kappa shape index (κ1) is 24.5. The van der Waals surface area contributed by atoms with Gasteiger partial charge in [0.25, 0.3) is 5.91 Å². The summed E-state index contributed by atoms with van der Waals surface area (Å²) in [5.41, 5.74) is 1.58. The van der Waals surface area contributed by atoms with E-state index in [4.69, 9.17) is 9.47 Å². The minimum absolute atomic E-state index is 0.0358. The molecule has 1 aliphatic rings. The number of carbonyl (C=O) groups is 2. The van der Waals surface area contributed by atoms with Gasteiger partial charge < -0.3 is 19.3 Å². The third kappa shape index (κ3) is 6.68. The van der Waals surface area contributed by atoms with Crippen molar-refractivity contribution in [1.29, 1.82) is 0 Å². The number of piperazine rings is 1. The number of hydrogen-bond donors (Lipinski definition) is 0. The first-order chi connectivity index (χ1) is 16.0. The van der Waals surface area contributed by atoms with Gasteiger partial charge in [-0.3, -0.25) is 19.5 Å². The number of pyridine rings is 1. The summed E-state index contributed by atoms with van der Waals surface area (Å²) in [4.78, 5) is 35.3. The lowest BCUT2D eigenvalue weighted by Gasteiger charge is -2.35. The van der Waals surface area contributed by atoms with E-state index in [9.17, 15) is 9.59 Å². The molecule has 8 nitrogen and oxygen atoms in total. The standard InChI is InChI=1S/C25H34N4O4/c1-4-28(5-2)24(30)18-27-13-15-29(16-14-27)25(31)21-7-8-22(23(17-21)32-6-3)33-19-20-9-11-26-12-10-20/h7-12,17H,4-6,13-16,18-19H2,1-3H3. The van der Waals surface area contributed by atoms with Gasteiger partial charge in [0.05, 0.1) is 13.2 Å². The van der Waals surface area contributed by atoms with Gasteiger partial charge in [-0.15, -0.1) is 0 Å². The van der Waals surface area contributed by atoms with Crippen molar-refractivity contribution in [2.45, 2.75) is 27.4 Å². The number of amides is 2. The maximum Gasteiger partial charge on any atom is 0.254 e. The van der Waals surface area contributed by atoms with Crippen molar-refractivity contribution in [2.24, 2.45) is 0 Å². The van der Waals surface area contributed by atoms with Crippen LogP contribution in [0.25, 0.3) is 0 Å². The van der Waals surface area contributed by atoms with E-state index >= 15 is 0 Å². The van der Waals surface area contributed by atoms with Crippen LogP contribution in [0.5, 0.6) is 11.5 Å². The molecule has 1 aromatic carbocycles. The molecule has 2 aromatic rings. The Morgan fingerprint density at radius 2 is 1.64 bits per heavy atom. The van der Waals surface area contributed by atoms with Crippen molar-refractivity contribution in [1.82, 2.24) is 19.7 Å². The number of hydrogen-bond acceptors (Lipinski definition) is 6. The fraction of sp³-hybridized carbons (Fsp3) is 0.480. The molecule has 8 heteroatoms. The highest BCUT2D eigenvalue weighted by atomic mass is 16.5. The predicted octanol–water partition coefficient (Wildman–Crippen LogP) is 2.69. The lowest BCUT2D eigenvalue weighted by atomic mass is 10.1. The van der Waals surface area contributed by atoms with Crippen LogP contribution in [0, 0.1) is 0 Å². The van der Waals surface area contributed by atoms with E-state index < -0.39 is 0 Å². The summed E-state index contributed by atoms with van der Waals surface area (Å²) < 4.78 is 11.7. The normalized spacial score (nSPS) is 14.1. The maximum absolute atomic E-state index is 13.1. The van der Waals surface area contributed by atoms with E-state index in [0.29, 0.717) is 63.0 Å². The molecule has 2 amide bonds. The van der Waals surface area contributed by atoms with Crippen LogP contribution in [0.3, 0.4) is 0 Å². The van der Waals surface area contributed by atoms with E-state index in [-0.39, 0.29) is 11.8 Å². The first-order valence-corrected chi connectivity index (χ1v) is 11.6. The molecule has 0 unspecified atom stereocenters. The minimum atomic E-state index is -0.0358. The van der Waals surface area contributed by atoms with Crippen LogP contribution in [0.1, 0.15) is 36.7 Å². The van der Waals surface area contributed by atoms with E-state index in [2.05, 4.69) is 9.88 Å². The second-order valence-corrected chi connectivity index (χ2v) is 7.87. The molecule has 178 valence electrons. The van der Waals surface area contributed by atoms with E-state index in [1.165, 1.54) is 0 Å². The van der Waals surface area contributed by atoms with Gasteiger partial charge in [-0.1, -0.05) is 0 Å². The summed E-state index contributed by atoms with van der Waals surface area (Å²) in [5, 5.41) is 0. The molecule has 0 atom stereocenters. The van der Waals surface area contributed by atoms with Crippen molar-refractivity contribution in [2.75, 3.05) is 52.4 Å². The van der Waals surface area contributed by atoms with Crippen LogP contribution < -0.4 is 9.47 Å². The number of nitrogens with zero attached hydrogens (tertiary/aromatic N) is 4. The highest BCUT2D eigenvalue weighted by Gasteiger charge is 2.25. The zero-order chi connectivity index (χ0) is 23.6. The molecule has 1 aromatic heterocycles. The fourth-order valence-electron chi connectivity index (χ4n) is 3.83. The monoisotopic (exact) mass is 454 g/mol.